The number of nitrogens with zero attached hydrogens (tertiary/aromatic N) is 1. The van der Waals surface area contributed by atoms with Crippen LogP contribution in [-0.2, 0) is 28.0 Å². The van der Waals surface area contributed by atoms with Crippen LogP contribution in [0.25, 0.3) is 10.9 Å². The van der Waals surface area contributed by atoms with Crippen LogP contribution in [0.2, 0.25) is 0 Å². The van der Waals surface area contributed by atoms with Gasteiger partial charge in [-0.25, -0.2) is 9.78 Å². The molecule has 0 saturated heterocycles. The van der Waals surface area contributed by atoms with Gasteiger partial charge in [-0.15, -0.1) is 0 Å². The predicted molar refractivity (Wildman–Crippen MR) is 215 cm³/mol. The van der Waals surface area contributed by atoms with E-state index in [-0.39, 0.29) is 42.0 Å². The number of phenolic OH excluding ortho intramolecular Hbond substituents is 1. The summed E-state index contributed by atoms with van der Waals surface area (Å²) in [5.74, 6) is -1.18. The first-order valence-corrected chi connectivity index (χ1v) is 19.6. The van der Waals surface area contributed by atoms with Crippen molar-refractivity contribution in [3.05, 3.63) is 141 Å². The van der Waals surface area contributed by atoms with Crippen LogP contribution in [-0.4, -0.2) is 57.6 Å². The number of hydrogen-bond acceptors (Lipinski definition) is 10. The Balaban J connectivity index is 1.13. The molecule has 1 unspecified atom stereocenters. The van der Waals surface area contributed by atoms with E-state index < -0.39 is 54.0 Å². The fraction of sp³-hybridized carbons (Fsp3) is 0.233. The number of benzene rings is 4. The number of hydrogen-bond donors (Lipinski definition) is 6. The number of aromatic nitrogens is 2. The van der Waals surface area contributed by atoms with E-state index in [0.29, 0.717) is 33.3 Å². The topological polar surface area (TPSA) is 197 Å². The van der Waals surface area contributed by atoms with Gasteiger partial charge in [0.15, 0.2) is 23.5 Å². The number of rotatable bonds is 8. The molecule has 4 bridgehead atoms. The summed E-state index contributed by atoms with van der Waals surface area (Å²) in [4.78, 5) is 63.2. The molecule has 5 heterocycles. The number of aromatic amines is 1. The lowest BCUT2D eigenvalue weighted by molar-refractivity contribution is -0.124. The summed E-state index contributed by atoms with van der Waals surface area (Å²) < 4.78 is 19.6. The minimum Gasteiger partial charge on any atom is -0.506 e. The number of ketones is 1. The number of ether oxygens (including phenoxy) is 2. The van der Waals surface area contributed by atoms with Gasteiger partial charge in [0.25, 0.3) is 5.91 Å². The third-order valence-electron chi connectivity index (χ3n) is 10.9. The lowest BCUT2D eigenvalue weighted by Crippen LogP contribution is -2.49. The highest BCUT2D eigenvalue weighted by Crippen LogP contribution is 2.59. The van der Waals surface area contributed by atoms with Crippen molar-refractivity contribution in [2.24, 2.45) is 5.92 Å². The zero-order chi connectivity index (χ0) is 40.3. The van der Waals surface area contributed by atoms with Crippen molar-refractivity contribution >= 4 is 56.2 Å². The third kappa shape index (κ3) is 6.13. The maximum absolute atomic E-state index is 14.5. The van der Waals surface area contributed by atoms with Gasteiger partial charge in [-0.3, -0.25) is 14.4 Å². The first kappa shape index (κ1) is 37.0. The van der Waals surface area contributed by atoms with Gasteiger partial charge in [-0.05, 0) is 51.2 Å². The first-order valence-electron chi connectivity index (χ1n) is 18.8. The number of alkyl carbamates (subject to hydrolysis) is 1. The second kappa shape index (κ2) is 14.4. The fourth-order valence-electron chi connectivity index (χ4n) is 8.11. The van der Waals surface area contributed by atoms with Crippen LogP contribution >= 0.6 is 15.9 Å². The number of carbonyl (C=O) groups is 4. The average Bonchev–Trinajstić information content (AvgIpc) is 3.99. The molecule has 4 atom stereocenters. The van der Waals surface area contributed by atoms with E-state index in [4.69, 9.17) is 18.9 Å². The molecule has 3 amide bonds. The number of H-pyrrole nitrogens is 1. The van der Waals surface area contributed by atoms with Gasteiger partial charge in [-0.2, -0.15) is 0 Å². The van der Waals surface area contributed by atoms with E-state index in [9.17, 15) is 24.3 Å². The van der Waals surface area contributed by atoms with Crippen LogP contribution in [0.5, 0.6) is 11.5 Å². The second-order valence-electron chi connectivity index (χ2n) is 14.9. The zero-order valence-electron chi connectivity index (χ0n) is 31.2. The van der Waals surface area contributed by atoms with E-state index in [2.05, 4.69) is 42.2 Å². The Morgan fingerprint density at radius 2 is 1.83 bits per heavy atom. The Bertz CT molecular complexity index is 2640. The molecule has 2 aromatic heterocycles. The van der Waals surface area contributed by atoms with Crippen LogP contribution in [0.4, 0.5) is 10.5 Å². The molecule has 6 N–H and O–H groups in total. The smallest absolute Gasteiger partial charge is 0.408 e. The molecule has 0 radical (unpaired) electrons. The van der Waals surface area contributed by atoms with Crippen molar-refractivity contribution in [1.29, 1.82) is 0 Å². The van der Waals surface area contributed by atoms with E-state index in [1.54, 1.807) is 18.2 Å². The molecule has 6 aromatic rings. The normalized spacial score (nSPS) is 20.1. The van der Waals surface area contributed by atoms with Crippen molar-refractivity contribution in [3.8, 4) is 11.5 Å². The van der Waals surface area contributed by atoms with Crippen molar-refractivity contribution in [2.45, 2.75) is 50.6 Å². The Labute approximate surface area is 339 Å². The lowest BCUT2D eigenvalue weighted by atomic mass is 9.72. The molecular formula is C43H37BrN6O8. The Morgan fingerprint density at radius 1 is 1.02 bits per heavy atom. The maximum Gasteiger partial charge on any atom is 0.408 e. The minimum absolute atomic E-state index is 0.00525. The summed E-state index contributed by atoms with van der Waals surface area (Å²) in [5.41, 5.74) is 2.94. The summed E-state index contributed by atoms with van der Waals surface area (Å²) in [5, 5.41) is 22.8. The lowest BCUT2D eigenvalue weighted by Gasteiger charge is -2.28. The molecule has 15 heteroatoms. The quantitative estimate of drug-likeness (QED) is 0.0936. The van der Waals surface area contributed by atoms with Gasteiger partial charge in [-0.1, -0.05) is 80.6 Å². The monoisotopic (exact) mass is 844 g/mol. The molecule has 14 nitrogen and oxygen atoms in total. The average molecular weight is 846 g/mol. The molecule has 294 valence electrons. The number of amides is 3. The van der Waals surface area contributed by atoms with E-state index in [0.717, 1.165) is 21.3 Å². The molecule has 1 spiro atoms. The molecule has 0 fully saturated rings. The van der Waals surface area contributed by atoms with Crippen LogP contribution in [0, 0.1) is 5.92 Å². The highest BCUT2D eigenvalue weighted by molar-refractivity contribution is 9.10. The van der Waals surface area contributed by atoms with Gasteiger partial charge in [0.2, 0.25) is 11.8 Å². The first-order chi connectivity index (χ1) is 28.0. The fourth-order valence-corrected chi connectivity index (χ4v) is 8.59. The van der Waals surface area contributed by atoms with Crippen molar-refractivity contribution in [2.75, 3.05) is 11.9 Å². The highest BCUT2D eigenvalue weighted by Gasteiger charge is 2.61. The number of phenols is 1. The number of para-hydroxylation sites is 2. The zero-order valence-corrected chi connectivity index (χ0v) is 32.8. The van der Waals surface area contributed by atoms with Crippen molar-refractivity contribution in [1.82, 2.24) is 25.9 Å². The van der Waals surface area contributed by atoms with Crippen LogP contribution < -0.4 is 26.0 Å². The highest BCUT2D eigenvalue weighted by atomic mass is 79.9. The molecule has 3 aliphatic heterocycles. The second-order valence-corrected chi connectivity index (χ2v) is 15.7. The summed E-state index contributed by atoms with van der Waals surface area (Å²) in [6, 6.07) is 23.4. The molecule has 58 heavy (non-hydrogen) atoms. The Kier molecular flexibility index (Phi) is 9.19. The third-order valence-corrected chi connectivity index (χ3v) is 11.6. The van der Waals surface area contributed by atoms with Crippen LogP contribution in [0.3, 0.4) is 0 Å². The van der Waals surface area contributed by atoms with E-state index in [1.807, 2.05) is 74.5 Å². The summed E-state index contributed by atoms with van der Waals surface area (Å²) >= 11 is 3.68. The molecule has 4 aromatic carbocycles. The van der Waals surface area contributed by atoms with Gasteiger partial charge in [0.05, 0.1) is 17.7 Å². The number of Topliss-reactive ketones (excluding diaryl/α,β-unsaturated/α-hetero) is 1. The standard InChI is InChI=1S/C43H37BrN6O8/c1-21(2)33-40-49-36(39(54)46-19-31(52)25-18-45-34-24(25)10-6-13-30(34)51)37(58-40)43-26-11-7-12-28(44)35(26)50-41(43)57-32-15-14-23(16-27(32)43)17-29(38(53)48-33)47-42(55)56-20-22-8-4-3-5-9-22/h3-16,18,21,29,33,41,45,50-51H,17,19-20H2,1-2H3,(H,46,54)(H,47,55)(H,48,53)/t29-,33-,41-,43?/m0/s1. The number of aromatic hydroxyl groups is 1. The molecular weight excluding hydrogens is 808 g/mol. The number of halogens is 1. The van der Waals surface area contributed by atoms with E-state index >= 15 is 0 Å². The summed E-state index contributed by atoms with van der Waals surface area (Å²) in [6.07, 6.45) is 0.0233. The number of fused-ring (bicyclic) bond motifs is 5. The maximum atomic E-state index is 14.5. The van der Waals surface area contributed by atoms with Crippen LogP contribution in [0.1, 0.15) is 74.6 Å². The molecule has 9 rings (SSSR count). The summed E-state index contributed by atoms with van der Waals surface area (Å²) in [6.45, 7) is 3.37. The molecule has 3 aliphatic rings. The van der Waals surface area contributed by atoms with Gasteiger partial charge >= 0.3 is 6.09 Å². The van der Waals surface area contributed by atoms with Crippen molar-refractivity contribution in [3.63, 3.8) is 0 Å². The molecule has 0 saturated carbocycles. The van der Waals surface area contributed by atoms with Crippen molar-refractivity contribution < 1.29 is 38.2 Å². The largest absolute Gasteiger partial charge is 0.506 e. The number of anilines is 1. The number of carbonyl (C=O) groups excluding carboxylic acids is 4. The Morgan fingerprint density at radius 3 is 2.64 bits per heavy atom. The van der Waals surface area contributed by atoms with Gasteiger partial charge in [0, 0.05) is 39.2 Å². The minimum atomic E-state index is -1.27. The van der Waals surface area contributed by atoms with Gasteiger partial charge < -0.3 is 45.2 Å². The summed E-state index contributed by atoms with van der Waals surface area (Å²) in [7, 11) is 0. The number of nitrogens with one attached hydrogen (secondary N) is 5. The number of oxazole rings is 1. The van der Waals surface area contributed by atoms with E-state index in [1.165, 1.54) is 12.3 Å². The predicted octanol–water partition coefficient (Wildman–Crippen LogP) is 6.38. The van der Waals surface area contributed by atoms with Gasteiger partial charge in [0.1, 0.15) is 35.6 Å². The molecule has 0 aliphatic carbocycles. The Hall–Kier alpha value is -6.61. The SMILES string of the molecule is CC(C)[C@@H]1NC(=O)[C@@H](NC(=O)OCc2ccccc2)Cc2ccc3c(c2)C2(c4cccc(Br)c4N[C@H]2O3)c2oc1nc2C(=O)NCC(=O)c1c[nH]c2c(O)cccc12. The van der Waals surface area contributed by atoms with Crippen LogP contribution in [0.15, 0.2) is 100 Å².